The van der Waals surface area contributed by atoms with Crippen LogP contribution in [-0.4, -0.2) is 43.0 Å². The fraction of sp³-hybridized carbons (Fsp3) is 0.909. The third-order valence-corrected chi connectivity index (χ3v) is 3.94. The van der Waals surface area contributed by atoms with Crippen molar-refractivity contribution >= 4 is 5.91 Å². The van der Waals surface area contributed by atoms with Gasteiger partial charge in [-0.15, -0.1) is 0 Å². The summed E-state index contributed by atoms with van der Waals surface area (Å²) in [5, 5.41) is 2.76. The van der Waals surface area contributed by atoms with E-state index >= 15 is 0 Å². The Labute approximate surface area is 91.2 Å². The van der Waals surface area contributed by atoms with Gasteiger partial charge >= 0.3 is 0 Å². The van der Waals surface area contributed by atoms with Gasteiger partial charge < -0.3 is 11.1 Å². The van der Waals surface area contributed by atoms with Crippen molar-refractivity contribution in [2.75, 3.05) is 20.1 Å². The summed E-state index contributed by atoms with van der Waals surface area (Å²) in [5.74, 6) is 0.175. The lowest BCUT2D eigenvalue weighted by Gasteiger charge is -2.40. The summed E-state index contributed by atoms with van der Waals surface area (Å²) < 4.78 is 0. The summed E-state index contributed by atoms with van der Waals surface area (Å²) in [4.78, 5) is 14.1. The van der Waals surface area contributed by atoms with E-state index in [1.165, 1.54) is 0 Å². The van der Waals surface area contributed by atoms with E-state index in [4.69, 9.17) is 5.73 Å². The zero-order chi connectivity index (χ0) is 11.1. The second-order valence-corrected chi connectivity index (χ2v) is 5.25. The third kappa shape index (κ3) is 1.88. The van der Waals surface area contributed by atoms with Gasteiger partial charge in [0.15, 0.2) is 0 Å². The van der Waals surface area contributed by atoms with Crippen LogP contribution in [-0.2, 0) is 4.79 Å². The van der Waals surface area contributed by atoms with Gasteiger partial charge in [-0.2, -0.15) is 0 Å². The Morgan fingerprint density at radius 1 is 1.53 bits per heavy atom. The first-order valence-corrected chi connectivity index (χ1v) is 5.77. The number of amides is 1. The molecule has 0 bridgehead atoms. The van der Waals surface area contributed by atoms with Crippen LogP contribution < -0.4 is 11.1 Å². The summed E-state index contributed by atoms with van der Waals surface area (Å²) in [6.07, 6.45) is 3.17. The molecule has 4 nitrogen and oxygen atoms in total. The number of rotatable bonds is 2. The van der Waals surface area contributed by atoms with Crippen LogP contribution in [0.2, 0.25) is 0 Å². The standard InChI is InChI=1S/C11H21N3O/c1-11(10(15)13-2)3-4-14(7-11)9-5-8(12)6-9/h8-9H,3-7,12H2,1-2H3,(H,13,15). The predicted molar refractivity (Wildman–Crippen MR) is 59.4 cm³/mol. The van der Waals surface area contributed by atoms with Crippen molar-refractivity contribution in [2.24, 2.45) is 11.1 Å². The Balaban J connectivity index is 1.91. The topological polar surface area (TPSA) is 58.4 Å². The summed E-state index contributed by atoms with van der Waals surface area (Å²) in [6.45, 7) is 4.00. The summed E-state index contributed by atoms with van der Waals surface area (Å²) in [6, 6.07) is 1.02. The predicted octanol–water partition coefficient (Wildman–Crippen LogP) is -0.0659. The quantitative estimate of drug-likeness (QED) is 0.672. The van der Waals surface area contributed by atoms with Crippen LogP contribution >= 0.6 is 0 Å². The van der Waals surface area contributed by atoms with Crippen LogP contribution in [0, 0.1) is 5.41 Å². The molecule has 15 heavy (non-hydrogen) atoms. The van der Waals surface area contributed by atoms with E-state index in [1.807, 2.05) is 0 Å². The highest BCUT2D eigenvalue weighted by Gasteiger charge is 2.44. The molecule has 2 aliphatic rings. The second-order valence-electron chi connectivity index (χ2n) is 5.25. The molecule has 86 valence electrons. The average molecular weight is 211 g/mol. The molecule has 2 rings (SSSR count). The van der Waals surface area contributed by atoms with Crippen molar-refractivity contribution in [3.05, 3.63) is 0 Å². The molecule has 1 unspecified atom stereocenters. The van der Waals surface area contributed by atoms with Crippen LogP contribution in [0.15, 0.2) is 0 Å². The third-order valence-electron chi connectivity index (χ3n) is 3.94. The lowest BCUT2D eigenvalue weighted by atomic mass is 9.85. The minimum absolute atomic E-state index is 0.175. The maximum atomic E-state index is 11.7. The monoisotopic (exact) mass is 211 g/mol. The summed E-state index contributed by atoms with van der Waals surface area (Å²) >= 11 is 0. The Kier molecular flexibility index (Phi) is 2.73. The molecule has 1 saturated carbocycles. The molecule has 1 heterocycles. The van der Waals surface area contributed by atoms with E-state index < -0.39 is 0 Å². The maximum absolute atomic E-state index is 11.7. The van der Waals surface area contributed by atoms with Crippen molar-refractivity contribution in [3.63, 3.8) is 0 Å². The number of likely N-dealkylation sites (tertiary alicyclic amines) is 1. The first-order valence-electron chi connectivity index (χ1n) is 5.77. The van der Waals surface area contributed by atoms with Gasteiger partial charge in [-0.3, -0.25) is 9.69 Å². The molecular weight excluding hydrogens is 190 g/mol. The molecule has 0 radical (unpaired) electrons. The van der Waals surface area contributed by atoms with Gasteiger partial charge in [0.05, 0.1) is 5.41 Å². The van der Waals surface area contributed by atoms with Crippen LogP contribution in [0.3, 0.4) is 0 Å². The van der Waals surface area contributed by atoms with E-state index in [2.05, 4.69) is 17.1 Å². The number of nitrogens with zero attached hydrogens (tertiary/aromatic N) is 1. The zero-order valence-electron chi connectivity index (χ0n) is 9.62. The van der Waals surface area contributed by atoms with Gasteiger partial charge in [-0.25, -0.2) is 0 Å². The minimum Gasteiger partial charge on any atom is -0.359 e. The van der Waals surface area contributed by atoms with Crippen molar-refractivity contribution in [1.82, 2.24) is 10.2 Å². The van der Waals surface area contributed by atoms with E-state index in [1.54, 1.807) is 7.05 Å². The van der Waals surface area contributed by atoms with E-state index in [0.717, 1.165) is 32.4 Å². The lowest BCUT2D eigenvalue weighted by molar-refractivity contribution is -0.129. The molecule has 4 heteroatoms. The molecule has 0 spiro atoms. The zero-order valence-corrected chi connectivity index (χ0v) is 9.62. The molecule has 1 saturated heterocycles. The minimum atomic E-state index is -0.186. The smallest absolute Gasteiger partial charge is 0.227 e. The Morgan fingerprint density at radius 3 is 2.73 bits per heavy atom. The molecule has 2 fully saturated rings. The second kappa shape index (κ2) is 3.76. The molecule has 1 atom stereocenters. The maximum Gasteiger partial charge on any atom is 0.227 e. The molecule has 1 amide bonds. The SMILES string of the molecule is CNC(=O)C1(C)CCN(C2CC(N)C2)C1. The lowest BCUT2D eigenvalue weighted by Crippen LogP contribution is -2.51. The van der Waals surface area contributed by atoms with E-state index in [9.17, 15) is 4.79 Å². The van der Waals surface area contributed by atoms with Crippen LogP contribution in [0.1, 0.15) is 26.2 Å². The van der Waals surface area contributed by atoms with Crippen LogP contribution in [0.25, 0.3) is 0 Å². The molecular formula is C11H21N3O. The molecule has 0 aromatic rings. The fourth-order valence-electron chi connectivity index (χ4n) is 2.72. The van der Waals surface area contributed by atoms with Crippen LogP contribution in [0.4, 0.5) is 0 Å². The normalized spacial score (nSPS) is 41.3. The largest absolute Gasteiger partial charge is 0.359 e. The molecule has 3 N–H and O–H groups in total. The van der Waals surface area contributed by atoms with Crippen molar-refractivity contribution in [2.45, 2.75) is 38.3 Å². The Bertz CT molecular complexity index is 263. The molecule has 0 aromatic heterocycles. The summed E-state index contributed by atoms with van der Waals surface area (Å²) in [5.41, 5.74) is 5.60. The number of hydrogen-bond acceptors (Lipinski definition) is 3. The van der Waals surface area contributed by atoms with Gasteiger partial charge in [-0.1, -0.05) is 0 Å². The van der Waals surface area contributed by atoms with Gasteiger partial charge in [0, 0.05) is 25.7 Å². The number of nitrogens with one attached hydrogen (secondary N) is 1. The van der Waals surface area contributed by atoms with E-state index in [0.29, 0.717) is 12.1 Å². The average Bonchev–Trinajstić information content (AvgIpc) is 2.56. The van der Waals surface area contributed by atoms with Gasteiger partial charge in [-0.05, 0) is 32.7 Å². The van der Waals surface area contributed by atoms with Crippen molar-refractivity contribution < 1.29 is 4.79 Å². The number of carbonyl (C=O) groups is 1. The molecule has 1 aliphatic heterocycles. The van der Waals surface area contributed by atoms with E-state index in [-0.39, 0.29) is 11.3 Å². The first kappa shape index (κ1) is 10.9. The number of nitrogens with two attached hydrogens (primary N) is 1. The molecule has 0 aromatic carbocycles. The molecule has 1 aliphatic carbocycles. The first-order chi connectivity index (χ1) is 7.05. The summed E-state index contributed by atoms with van der Waals surface area (Å²) in [7, 11) is 1.72. The van der Waals surface area contributed by atoms with Crippen molar-refractivity contribution in [1.29, 1.82) is 0 Å². The Morgan fingerprint density at radius 2 is 2.20 bits per heavy atom. The fourth-order valence-corrected chi connectivity index (χ4v) is 2.72. The van der Waals surface area contributed by atoms with Crippen molar-refractivity contribution in [3.8, 4) is 0 Å². The van der Waals surface area contributed by atoms with Gasteiger partial charge in [0.25, 0.3) is 0 Å². The highest BCUT2D eigenvalue weighted by molar-refractivity contribution is 5.82. The number of carbonyl (C=O) groups excluding carboxylic acids is 1. The van der Waals surface area contributed by atoms with Gasteiger partial charge in [0.1, 0.15) is 0 Å². The highest BCUT2D eigenvalue weighted by Crippen LogP contribution is 2.35. The highest BCUT2D eigenvalue weighted by atomic mass is 16.2. The Hall–Kier alpha value is -0.610. The number of hydrogen-bond donors (Lipinski definition) is 2. The van der Waals surface area contributed by atoms with Gasteiger partial charge in [0.2, 0.25) is 5.91 Å². The van der Waals surface area contributed by atoms with Crippen LogP contribution in [0.5, 0.6) is 0 Å².